The smallest absolute Gasteiger partial charge is 0.310 e. The first-order chi connectivity index (χ1) is 12.9. The van der Waals surface area contributed by atoms with E-state index in [1.807, 2.05) is 69.3 Å². The maximum absolute atomic E-state index is 12.5. The van der Waals surface area contributed by atoms with Gasteiger partial charge in [0.2, 0.25) is 0 Å². The molecule has 0 N–H and O–H groups in total. The van der Waals surface area contributed by atoms with Crippen molar-refractivity contribution in [1.29, 1.82) is 5.26 Å². The summed E-state index contributed by atoms with van der Waals surface area (Å²) in [4.78, 5) is 26.1. The number of benzene rings is 2. The van der Waals surface area contributed by atoms with Gasteiger partial charge in [-0.25, -0.2) is 0 Å². The maximum Gasteiger partial charge on any atom is 0.310 e. The fourth-order valence-electron chi connectivity index (χ4n) is 2.64. The van der Waals surface area contributed by atoms with Crippen molar-refractivity contribution in [2.45, 2.75) is 33.6 Å². The minimum Gasteiger partial charge on any atom is -0.455 e. The van der Waals surface area contributed by atoms with Crippen LogP contribution in [0.1, 0.15) is 28.7 Å². The second-order valence-electron chi connectivity index (χ2n) is 6.55. The highest BCUT2D eigenvalue weighted by Gasteiger charge is 2.17. The molecule has 0 bridgehead atoms. The molecule has 0 aromatic heterocycles. The van der Waals surface area contributed by atoms with Crippen LogP contribution in [0, 0.1) is 32.1 Å². The van der Waals surface area contributed by atoms with Gasteiger partial charge in [-0.15, -0.1) is 0 Å². The Balaban J connectivity index is 1.97. The van der Waals surface area contributed by atoms with Gasteiger partial charge in [0.25, 0.3) is 5.91 Å². The number of anilines is 1. The summed E-state index contributed by atoms with van der Waals surface area (Å²) in [6, 6.07) is 15.3. The van der Waals surface area contributed by atoms with Crippen molar-refractivity contribution in [2.24, 2.45) is 0 Å². The third-order valence-corrected chi connectivity index (χ3v) is 4.37. The second kappa shape index (κ2) is 9.54. The Bertz CT molecular complexity index is 851. The van der Waals surface area contributed by atoms with Crippen LogP contribution < -0.4 is 4.90 Å². The Morgan fingerprint density at radius 2 is 1.74 bits per heavy atom. The Morgan fingerprint density at radius 3 is 2.37 bits per heavy atom. The monoisotopic (exact) mass is 364 g/mol. The van der Waals surface area contributed by atoms with Crippen molar-refractivity contribution in [3.8, 4) is 6.07 Å². The Labute approximate surface area is 160 Å². The largest absolute Gasteiger partial charge is 0.455 e. The van der Waals surface area contributed by atoms with Crippen LogP contribution in [-0.4, -0.2) is 25.0 Å². The second-order valence-corrected chi connectivity index (χ2v) is 6.55. The topological polar surface area (TPSA) is 70.4 Å². The molecule has 0 radical (unpaired) electrons. The average molecular weight is 364 g/mol. The molecule has 140 valence electrons. The predicted octanol–water partition coefficient (Wildman–Crippen LogP) is 3.64. The van der Waals surface area contributed by atoms with E-state index in [0.717, 1.165) is 22.3 Å². The average Bonchev–Trinajstić information content (AvgIpc) is 2.64. The van der Waals surface area contributed by atoms with E-state index >= 15 is 0 Å². The highest BCUT2D eigenvalue weighted by Crippen LogP contribution is 2.16. The van der Waals surface area contributed by atoms with Crippen molar-refractivity contribution >= 4 is 17.6 Å². The van der Waals surface area contributed by atoms with Crippen LogP contribution in [0.2, 0.25) is 0 Å². The van der Waals surface area contributed by atoms with Crippen LogP contribution in [0.15, 0.2) is 42.5 Å². The quantitative estimate of drug-likeness (QED) is 0.703. The van der Waals surface area contributed by atoms with Gasteiger partial charge < -0.3 is 9.64 Å². The van der Waals surface area contributed by atoms with Crippen LogP contribution in [0.25, 0.3) is 0 Å². The molecule has 0 spiro atoms. The van der Waals surface area contributed by atoms with Gasteiger partial charge >= 0.3 is 5.97 Å². The van der Waals surface area contributed by atoms with E-state index in [9.17, 15) is 9.59 Å². The summed E-state index contributed by atoms with van der Waals surface area (Å²) >= 11 is 0. The third-order valence-electron chi connectivity index (χ3n) is 4.37. The number of hydrogen-bond donors (Lipinski definition) is 0. The highest BCUT2D eigenvalue weighted by atomic mass is 16.5. The number of nitrogens with zero attached hydrogens (tertiary/aromatic N) is 2. The third kappa shape index (κ3) is 5.96. The van der Waals surface area contributed by atoms with Crippen LogP contribution >= 0.6 is 0 Å². The molecular weight excluding hydrogens is 340 g/mol. The van der Waals surface area contributed by atoms with E-state index < -0.39 is 5.97 Å². The first kappa shape index (κ1) is 20.2. The molecule has 0 saturated heterocycles. The number of hydrogen-bond acceptors (Lipinski definition) is 4. The number of rotatable bonds is 7. The Kier molecular flexibility index (Phi) is 7.13. The van der Waals surface area contributed by atoms with Gasteiger partial charge in [-0.1, -0.05) is 35.9 Å². The minimum atomic E-state index is -0.448. The van der Waals surface area contributed by atoms with Gasteiger partial charge in [0.1, 0.15) is 0 Å². The number of aryl methyl sites for hydroxylation is 3. The molecule has 0 fully saturated rings. The zero-order valence-electron chi connectivity index (χ0n) is 16.0. The summed E-state index contributed by atoms with van der Waals surface area (Å²) in [5.41, 5.74) is 4.89. The van der Waals surface area contributed by atoms with E-state index in [0.29, 0.717) is 5.69 Å². The summed E-state index contributed by atoms with van der Waals surface area (Å²) in [6.45, 7) is 5.87. The predicted molar refractivity (Wildman–Crippen MR) is 104 cm³/mol. The van der Waals surface area contributed by atoms with E-state index in [1.165, 1.54) is 4.90 Å². The van der Waals surface area contributed by atoms with Crippen molar-refractivity contribution in [3.63, 3.8) is 0 Å². The van der Waals surface area contributed by atoms with E-state index in [1.54, 1.807) is 0 Å². The molecule has 2 aromatic carbocycles. The number of amides is 1. The minimum absolute atomic E-state index is 0.122. The van der Waals surface area contributed by atoms with Gasteiger partial charge in [-0.3, -0.25) is 9.59 Å². The molecule has 0 aliphatic heterocycles. The molecule has 1 amide bonds. The number of esters is 1. The van der Waals surface area contributed by atoms with Crippen molar-refractivity contribution < 1.29 is 14.3 Å². The Hall–Kier alpha value is -3.13. The zero-order chi connectivity index (χ0) is 19.8. The van der Waals surface area contributed by atoms with Crippen LogP contribution in [-0.2, 0) is 20.7 Å². The normalized spacial score (nSPS) is 10.1. The van der Waals surface area contributed by atoms with Crippen molar-refractivity contribution in [1.82, 2.24) is 0 Å². The standard InChI is InChI=1S/C22H24N2O3/c1-16-5-9-20(10-6-16)24(12-4-11-23)21(25)15-27-22(26)14-19-8-7-17(2)18(3)13-19/h5-10,13H,4,12,14-15H2,1-3H3. The van der Waals surface area contributed by atoms with Gasteiger partial charge in [-0.05, 0) is 49.6 Å². The van der Waals surface area contributed by atoms with Crippen molar-refractivity contribution in [2.75, 3.05) is 18.1 Å². The summed E-state index contributed by atoms with van der Waals surface area (Å²) in [5, 5.41) is 8.84. The molecule has 0 aliphatic carbocycles. The molecule has 0 aliphatic rings. The molecule has 2 rings (SSSR count). The van der Waals surface area contributed by atoms with E-state index in [4.69, 9.17) is 10.00 Å². The summed E-state index contributed by atoms with van der Waals surface area (Å²) in [6.07, 6.45) is 0.327. The molecule has 2 aromatic rings. The lowest BCUT2D eigenvalue weighted by Crippen LogP contribution is -2.35. The Morgan fingerprint density at radius 1 is 1.04 bits per heavy atom. The van der Waals surface area contributed by atoms with Crippen molar-refractivity contribution in [3.05, 3.63) is 64.7 Å². The number of carbonyl (C=O) groups is 2. The maximum atomic E-state index is 12.5. The first-order valence-corrected chi connectivity index (χ1v) is 8.86. The molecule has 5 heteroatoms. The van der Waals surface area contributed by atoms with Gasteiger partial charge in [0, 0.05) is 12.2 Å². The zero-order valence-corrected chi connectivity index (χ0v) is 16.0. The molecule has 5 nitrogen and oxygen atoms in total. The number of ether oxygens (including phenoxy) is 1. The lowest BCUT2D eigenvalue weighted by Gasteiger charge is -2.21. The molecule has 0 unspecified atom stereocenters. The summed E-state index contributed by atoms with van der Waals surface area (Å²) in [5.74, 6) is -0.793. The van der Waals surface area contributed by atoms with Crippen LogP contribution in [0.5, 0.6) is 0 Å². The SMILES string of the molecule is Cc1ccc(N(CCC#N)C(=O)COC(=O)Cc2ccc(C)c(C)c2)cc1. The first-order valence-electron chi connectivity index (χ1n) is 8.86. The molecule has 0 atom stereocenters. The fourth-order valence-corrected chi connectivity index (χ4v) is 2.64. The fraction of sp³-hybridized carbons (Fsp3) is 0.318. The summed E-state index contributed by atoms with van der Waals surface area (Å²) < 4.78 is 5.17. The molecule has 0 saturated carbocycles. The van der Waals surface area contributed by atoms with Gasteiger partial charge in [0.05, 0.1) is 18.9 Å². The van der Waals surface area contributed by atoms with Crippen LogP contribution in [0.4, 0.5) is 5.69 Å². The summed E-state index contributed by atoms with van der Waals surface area (Å²) in [7, 11) is 0. The number of carbonyl (C=O) groups excluding carboxylic acids is 2. The highest BCUT2D eigenvalue weighted by molar-refractivity contribution is 5.95. The van der Waals surface area contributed by atoms with E-state index in [2.05, 4.69) is 0 Å². The molecular formula is C22H24N2O3. The number of nitriles is 1. The van der Waals surface area contributed by atoms with Crippen LogP contribution in [0.3, 0.4) is 0 Å². The molecule has 27 heavy (non-hydrogen) atoms. The lowest BCUT2D eigenvalue weighted by atomic mass is 10.0. The molecule has 0 heterocycles. The van der Waals surface area contributed by atoms with Gasteiger partial charge in [0.15, 0.2) is 6.61 Å². The van der Waals surface area contributed by atoms with E-state index in [-0.39, 0.29) is 31.9 Å². The lowest BCUT2D eigenvalue weighted by molar-refractivity contribution is -0.147. The van der Waals surface area contributed by atoms with Gasteiger partial charge in [-0.2, -0.15) is 5.26 Å².